The molecule has 0 saturated heterocycles. The third-order valence-corrected chi connectivity index (χ3v) is 4.76. The van der Waals surface area contributed by atoms with Crippen LogP contribution in [-0.4, -0.2) is 36.6 Å². The topological polar surface area (TPSA) is 109 Å². The number of amides is 1. The number of ether oxygens (including phenoxy) is 2. The highest BCUT2D eigenvalue weighted by molar-refractivity contribution is 7.48. The number of esters is 1. The van der Waals surface area contributed by atoms with Crippen LogP contribution in [0.2, 0.25) is 0 Å². The summed E-state index contributed by atoms with van der Waals surface area (Å²) in [5.41, 5.74) is -0.804. The average Bonchev–Trinajstić information content (AvgIpc) is 2.55. The maximum Gasteiger partial charge on any atom is 0.478 e. The van der Waals surface area contributed by atoms with Crippen LogP contribution in [0.15, 0.2) is 30.3 Å². The number of nitrogens with one attached hydrogen (secondary N) is 1. The quantitative estimate of drug-likeness (QED) is 0.353. The predicted molar refractivity (Wildman–Crippen MR) is 106 cm³/mol. The lowest BCUT2D eigenvalue weighted by Gasteiger charge is -2.30. The van der Waals surface area contributed by atoms with Gasteiger partial charge >= 0.3 is 19.9 Å². The Morgan fingerprint density at radius 1 is 0.931 bits per heavy atom. The summed E-state index contributed by atoms with van der Waals surface area (Å²) in [6.07, 6.45) is -0.945. The lowest BCUT2D eigenvalue weighted by Crippen LogP contribution is -2.32. The fourth-order valence-corrected chi connectivity index (χ4v) is 3.54. The van der Waals surface area contributed by atoms with Gasteiger partial charge in [0.1, 0.15) is 13.2 Å². The molecule has 0 aliphatic heterocycles. The lowest BCUT2D eigenvalue weighted by molar-refractivity contribution is -0.143. The van der Waals surface area contributed by atoms with Gasteiger partial charge in [-0.3, -0.25) is 13.8 Å². The van der Waals surface area contributed by atoms with Crippen LogP contribution in [0.1, 0.15) is 47.1 Å². The molecule has 0 aliphatic rings. The molecule has 164 valence electrons. The summed E-state index contributed by atoms with van der Waals surface area (Å²) in [5, 5.41) is 2.21. The minimum Gasteiger partial charge on any atom is -0.460 e. The second-order valence-corrected chi connectivity index (χ2v) is 9.55. The molecule has 0 spiro atoms. The highest BCUT2D eigenvalue weighted by Gasteiger charge is 2.37. The molecule has 9 nitrogen and oxygen atoms in total. The molecule has 0 unspecified atom stereocenters. The number of hydrogen-bond donors (Lipinski definition) is 1. The molecule has 10 heteroatoms. The SMILES string of the molecule is CC(C)(C)OP(=O)(OCOC(=O)NCC(=O)OCc1ccccc1)OC(C)(C)C. The minimum absolute atomic E-state index is 0.0942. The first-order valence-corrected chi connectivity index (χ1v) is 10.5. The van der Waals surface area contributed by atoms with Gasteiger partial charge in [0.15, 0.2) is 0 Å². The normalized spacial score (nSPS) is 12.3. The van der Waals surface area contributed by atoms with Crippen LogP contribution < -0.4 is 5.32 Å². The van der Waals surface area contributed by atoms with Gasteiger partial charge in [-0.15, -0.1) is 0 Å². The van der Waals surface area contributed by atoms with Gasteiger partial charge < -0.3 is 14.8 Å². The van der Waals surface area contributed by atoms with Crippen molar-refractivity contribution in [1.82, 2.24) is 5.32 Å². The van der Waals surface area contributed by atoms with Crippen LogP contribution in [0, 0.1) is 0 Å². The lowest BCUT2D eigenvalue weighted by atomic mass is 10.2. The molecule has 0 radical (unpaired) electrons. The minimum atomic E-state index is -4.00. The van der Waals surface area contributed by atoms with Crippen molar-refractivity contribution in [3.63, 3.8) is 0 Å². The van der Waals surface area contributed by atoms with E-state index in [2.05, 4.69) is 5.32 Å². The Hall–Kier alpha value is -1.93. The molecule has 1 amide bonds. The van der Waals surface area contributed by atoms with Gasteiger partial charge in [0, 0.05) is 0 Å². The zero-order valence-electron chi connectivity index (χ0n) is 17.7. The summed E-state index contributed by atoms with van der Waals surface area (Å²) >= 11 is 0. The van der Waals surface area contributed by atoms with Gasteiger partial charge in [0.25, 0.3) is 0 Å². The Labute approximate surface area is 171 Å². The van der Waals surface area contributed by atoms with Crippen LogP contribution in [0.4, 0.5) is 4.79 Å². The molecule has 0 saturated carbocycles. The Morgan fingerprint density at radius 2 is 1.48 bits per heavy atom. The Morgan fingerprint density at radius 3 is 2.00 bits per heavy atom. The summed E-state index contributed by atoms with van der Waals surface area (Å²) in [4.78, 5) is 23.3. The third kappa shape index (κ3) is 12.3. The van der Waals surface area contributed by atoms with Crippen molar-refractivity contribution in [2.45, 2.75) is 59.4 Å². The van der Waals surface area contributed by atoms with Crippen LogP contribution >= 0.6 is 7.82 Å². The van der Waals surface area contributed by atoms with E-state index in [-0.39, 0.29) is 13.2 Å². The van der Waals surface area contributed by atoms with Gasteiger partial charge in [-0.1, -0.05) is 30.3 Å². The first-order valence-electron chi connectivity index (χ1n) is 9.04. The predicted octanol–water partition coefficient (Wildman–Crippen LogP) is 4.17. The Kier molecular flexibility index (Phi) is 9.29. The van der Waals surface area contributed by atoms with Gasteiger partial charge in [0.2, 0.25) is 6.79 Å². The van der Waals surface area contributed by atoms with E-state index in [0.29, 0.717) is 0 Å². The monoisotopic (exact) mass is 431 g/mol. The number of rotatable bonds is 9. The molecule has 0 fully saturated rings. The largest absolute Gasteiger partial charge is 0.478 e. The summed E-state index contributed by atoms with van der Waals surface area (Å²) < 4.78 is 38.4. The van der Waals surface area contributed by atoms with Crippen molar-refractivity contribution in [3.05, 3.63) is 35.9 Å². The molecular weight excluding hydrogens is 401 g/mol. The van der Waals surface area contributed by atoms with Crippen molar-refractivity contribution in [1.29, 1.82) is 0 Å². The first-order chi connectivity index (χ1) is 13.3. The standard InChI is InChI=1S/C19H30NO8P/c1-18(2,3)27-29(23,28-19(4,5)6)26-14-25-17(22)20-12-16(21)24-13-15-10-8-7-9-11-15/h7-11H,12-14H2,1-6H3,(H,20,22). The molecule has 0 aliphatic carbocycles. The molecule has 1 rings (SSSR count). The van der Waals surface area contributed by atoms with Crippen LogP contribution in [0.3, 0.4) is 0 Å². The maximum absolute atomic E-state index is 12.8. The number of hydrogen-bond acceptors (Lipinski definition) is 8. The molecule has 0 atom stereocenters. The number of phosphoric ester groups is 1. The highest BCUT2D eigenvalue weighted by Crippen LogP contribution is 2.55. The third-order valence-electron chi connectivity index (χ3n) is 2.79. The van der Waals surface area contributed by atoms with E-state index >= 15 is 0 Å². The van der Waals surface area contributed by atoms with Crippen molar-refractivity contribution in [3.8, 4) is 0 Å². The van der Waals surface area contributed by atoms with Gasteiger partial charge in [0.05, 0.1) is 11.2 Å². The van der Waals surface area contributed by atoms with Crippen molar-refractivity contribution in [2.24, 2.45) is 0 Å². The molecule has 0 heterocycles. The van der Waals surface area contributed by atoms with E-state index in [1.807, 2.05) is 30.3 Å². The van der Waals surface area contributed by atoms with Gasteiger partial charge in [-0.2, -0.15) is 0 Å². The summed E-state index contributed by atoms with van der Waals surface area (Å²) in [6, 6.07) is 9.12. The zero-order chi connectivity index (χ0) is 22.1. The Bertz CT molecular complexity index is 689. The second-order valence-electron chi connectivity index (χ2n) is 8.03. The van der Waals surface area contributed by atoms with Crippen LogP contribution in [0.25, 0.3) is 0 Å². The number of carbonyl (C=O) groups is 2. The van der Waals surface area contributed by atoms with E-state index in [0.717, 1.165) is 5.56 Å². The van der Waals surface area contributed by atoms with Crippen LogP contribution in [0.5, 0.6) is 0 Å². The van der Waals surface area contributed by atoms with Crippen molar-refractivity contribution in [2.75, 3.05) is 13.3 Å². The first kappa shape index (κ1) is 25.1. The van der Waals surface area contributed by atoms with Crippen molar-refractivity contribution < 1.29 is 37.2 Å². The summed E-state index contributed by atoms with van der Waals surface area (Å²) in [5.74, 6) is -0.635. The highest BCUT2D eigenvalue weighted by atomic mass is 31.2. The van der Waals surface area contributed by atoms with E-state index in [1.165, 1.54) is 0 Å². The zero-order valence-corrected chi connectivity index (χ0v) is 18.6. The maximum atomic E-state index is 12.8. The fourth-order valence-electron chi connectivity index (χ4n) is 1.87. The fraction of sp³-hybridized carbons (Fsp3) is 0.579. The average molecular weight is 431 g/mol. The Balaban J connectivity index is 2.39. The summed E-state index contributed by atoms with van der Waals surface area (Å²) in [6.45, 7) is 9.12. The van der Waals surface area contributed by atoms with Gasteiger partial charge in [-0.05, 0) is 47.1 Å². The molecule has 1 N–H and O–H groups in total. The number of phosphoric acid groups is 1. The summed E-state index contributed by atoms with van der Waals surface area (Å²) in [7, 11) is -4.00. The van der Waals surface area contributed by atoms with E-state index in [9.17, 15) is 14.2 Å². The smallest absolute Gasteiger partial charge is 0.460 e. The van der Waals surface area contributed by atoms with E-state index < -0.39 is 37.9 Å². The number of carbonyl (C=O) groups excluding carboxylic acids is 2. The molecule has 29 heavy (non-hydrogen) atoms. The molecule has 1 aromatic carbocycles. The van der Waals surface area contributed by atoms with E-state index in [4.69, 9.17) is 23.0 Å². The molecular formula is C19H30NO8P. The molecule has 0 aromatic heterocycles. The van der Waals surface area contributed by atoms with Crippen molar-refractivity contribution >= 4 is 19.9 Å². The molecule has 0 bridgehead atoms. The van der Waals surface area contributed by atoms with E-state index in [1.54, 1.807) is 41.5 Å². The number of alkyl carbamates (subject to hydrolysis) is 1. The van der Waals surface area contributed by atoms with Crippen LogP contribution in [-0.2, 0) is 39.0 Å². The van der Waals surface area contributed by atoms with Gasteiger partial charge in [-0.25, -0.2) is 13.9 Å². The molecule has 1 aromatic rings. The number of benzene rings is 1. The second kappa shape index (κ2) is 10.7.